The molecule has 8 heteroatoms. The van der Waals surface area contributed by atoms with Gasteiger partial charge in [-0.05, 0) is 24.8 Å². The molecule has 1 fully saturated rings. The molecule has 2 aromatic rings. The lowest BCUT2D eigenvalue weighted by Crippen LogP contribution is -2.37. The maximum Gasteiger partial charge on any atom is 0.251 e. The lowest BCUT2D eigenvalue weighted by molar-refractivity contribution is -0.121. The molecule has 7 nitrogen and oxygen atoms in total. The van der Waals surface area contributed by atoms with E-state index in [1.165, 1.54) is 24.2 Å². The molecule has 0 radical (unpaired) electrons. The van der Waals surface area contributed by atoms with Gasteiger partial charge in [0.25, 0.3) is 5.56 Å². The third kappa shape index (κ3) is 7.67. The van der Waals surface area contributed by atoms with Crippen LogP contribution in [-0.4, -0.2) is 40.1 Å². The van der Waals surface area contributed by atoms with E-state index in [9.17, 15) is 14.4 Å². The standard InChI is InChI=1S/C22H28N4O3S/c27-19(23-12-11-16-7-3-1-4-8-16)13-18-14-20(28)26-22(25-18)30-15-21(29)24-17-9-5-2-6-10-17/h1,3-4,7-8,14,17H,2,5-6,9-13,15H2,(H,23,27)(H,24,29)(H,25,26,28). The molecule has 0 bridgehead atoms. The molecule has 3 rings (SSSR count). The van der Waals surface area contributed by atoms with Crippen LogP contribution >= 0.6 is 11.8 Å². The quantitative estimate of drug-likeness (QED) is 0.420. The summed E-state index contributed by atoms with van der Waals surface area (Å²) in [6.07, 6.45) is 6.37. The molecular formula is C22H28N4O3S. The van der Waals surface area contributed by atoms with Crippen LogP contribution in [0.3, 0.4) is 0 Å². The summed E-state index contributed by atoms with van der Waals surface area (Å²) >= 11 is 1.18. The number of thioether (sulfide) groups is 1. The fourth-order valence-corrected chi connectivity index (χ4v) is 4.22. The van der Waals surface area contributed by atoms with Crippen molar-refractivity contribution in [1.82, 2.24) is 20.6 Å². The second kappa shape index (κ2) is 11.5. The molecule has 1 aromatic carbocycles. The minimum atomic E-state index is -0.327. The predicted molar refractivity (Wildman–Crippen MR) is 117 cm³/mol. The van der Waals surface area contributed by atoms with Crippen molar-refractivity contribution in [2.24, 2.45) is 0 Å². The fourth-order valence-electron chi connectivity index (χ4n) is 3.51. The average Bonchev–Trinajstić information content (AvgIpc) is 2.73. The maximum atomic E-state index is 12.2. The molecule has 30 heavy (non-hydrogen) atoms. The Kier molecular flexibility index (Phi) is 8.50. The second-order valence-corrected chi connectivity index (χ2v) is 8.46. The Bertz CT molecular complexity index is 895. The molecule has 1 aromatic heterocycles. The number of carbonyl (C=O) groups excluding carboxylic acids is 2. The number of nitrogens with one attached hydrogen (secondary N) is 3. The molecule has 0 unspecified atom stereocenters. The van der Waals surface area contributed by atoms with Crippen LogP contribution in [0.5, 0.6) is 0 Å². The Morgan fingerprint density at radius 1 is 1.10 bits per heavy atom. The van der Waals surface area contributed by atoms with Gasteiger partial charge in [0.2, 0.25) is 11.8 Å². The molecule has 0 atom stereocenters. The summed E-state index contributed by atoms with van der Waals surface area (Å²) in [4.78, 5) is 43.2. The van der Waals surface area contributed by atoms with Crippen LogP contribution in [0.2, 0.25) is 0 Å². The molecule has 3 N–H and O–H groups in total. The van der Waals surface area contributed by atoms with Gasteiger partial charge in [-0.15, -0.1) is 0 Å². The summed E-state index contributed by atoms with van der Waals surface area (Å²) < 4.78 is 0. The van der Waals surface area contributed by atoms with Crippen molar-refractivity contribution in [3.63, 3.8) is 0 Å². The van der Waals surface area contributed by atoms with Gasteiger partial charge in [0.05, 0.1) is 17.9 Å². The topological polar surface area (TPSA) is 104 Å². The van der Waals surface area contributed by atoms with Gasteiger partial charge >= 0.3 is 0 Å². The Labute approximate surface area is 180 Å². The summed E-state index contributed by atoms with van der Waals surface area (Å²) in [6.45, 7) is 0.523. The molecule has 1 aliphatic carbocycles. The van der Waals surface area contributed by atoms with Crippen molar-refractivity contribution in [2.75, 3.05) is 12.3 Å². The first-order valence-corrected chi connectivity index (χ1v) is 11.4. The van der Waals surface area contributed by atoms with Crippen LogP contribution in [0.25, 0.3) is 0 Å². The number of benzene rings is 1. The third-order valence-corrected chi connectivity index (χ3v) is 5.88. The van der Waals surface area contributed by atoms with E-state index in [2.05, 4.69) is 20.6 Å². The van der Waals surface area contributed by atoms with E-state index in [1.807, 2.05) is 30.3 Å². The van der Waals surface area contributed by atoms with E-state index in [4.69, 9.17) is 0 Å². The lowest BCUT2D eigenvalue weighted by Gasteiger charge is -2.22. The molecule has 1 saturated carbocycles. The summed E-state index contributed by atoms with van der Waals surface area (Å²) in [6, 6.07) is 11.5. The van der Waals surface area contributed by atoms with Gasteiger partial charge < -0.3 is 15.6 Å². The zero-order valence-electron chi connectivity index (χ0n) is 17.0. The Hall–Kier alpha value is -2.61. The van der Waals surface area contributed by atoms with Gasteiger partial charge in [-0.25, -0.2) is 4.98 Å². The van der Waals surface area contributed by atoms with E-state index in [0.29, 0.717) is 17.4 Å². The van der Waals surface area contributed by atoms with Crippen LogP contribution in [0.4, 0.5) is 0 Å². The summed E-state index contributed by atoms with van der Waals surface area (Å²) in [5.41, 5.74) is 1.22. The highest BCUT2D eigenvalue weighted by atomic mass is 32.2. The van der Waals surface area contributed by atoms with Gasteiger partial charge in [0, 0.05) is 18.7 Å². The zero-order valence-corrected chi connectivity index (χ0v) is 17.8. The van der Waals surface area contributed by atoms with E-state index in [-0.39, 0.29) is 35.6 Å². The van der Waals surface area contributed by atoms with Crippen LogP contribution < -0.4 is 16.2 Å². The minimum absolute atomic E-state index is 0.0283. The molecule has 0 saturated heterocycles. The van der Waals surface area contributed by atoms with Gasteiger partial charge in [0.15, 0.2) is 5.16 Å². The number of rotatable bonds is 9. The van der Waals surface area contributed by atoms with Crippen molar-refractivity contribution >= 4 is 23.6 Å². The number of aromatic nitrogens is 2. The van der Waals surface area contributed by atoms with Crippen molar-refractivity contribution in [2.45, 2.75) is 56.1 Å². The normalized spacial score (nSPS) is 14.3. The van der Waals surface area contributed by atoms with Crippen molar-refractivity contribution in [3.8, 4) is 0 Å². The van der Waals surface area contributed by atoms with Gasteiger partial charge in [0.1, 0.15) is 0 Å². The number of H-pyrrole nitrogens is 1. The van der Waals surface area contributed by atoms with Crippen LogP contribution in [0.1, 0.15) is 43.4 Å². The summed E-state index contributed by atoms with van der Waals surface area (Å²) in [7, 11) is 0. The van der Waals surface area contributed by atoms with Crippen molar-refractivity contribution < 1.29 is 9.59 Å². The number of carbonyl (C=O) groups is 2. The highest BCUT2D eigenvalue weighted by Crippen LogP contribution is 2.18. The highest BCUT2D eigenvalue weighted by molar-refractivity contribution is 7.99. The van der Waals surface area contributed by atoms with Gasteiger partial charge in [-0.2, -0.15) is 0 Å². The molecule has 160 valence electrons. The monoisotopic (exact) mass is 428 g/mol. The molecule has 2 amide bonds. The number of aromatic amines is 1. The maximum absolute atomic E-state index is 12.2. The smallest absolute Gasteiger partial charge is 0.251 e. The highest BCUT2D eigenvalue weighted by Gasteiger charge is 2.16. The Morgan fingerprint density at radius 2 is 1.87 bits per heavy atom. The SMILES string of the molecule is O=C(Cc1cc(=O)[nH]c(SCC(=O)NC2CCCCC2)n1)NCCc1ccccc1. The Balaban J connectivity index is 1.45. The van der Waals surface area contributed by atoms with Gasteiger partial charge in [-0.3, -0.25) is 14.4 Å². The molecular weight excluding hydrogens is 400 g/mol. The Morgan fingerprint density at radius 3 is 2.63 bits per heavy atom. The predicted octanol–water partition coefficient (Wildman–Crippen LogP) is 2.21. The number of hydrogen-bond donors (Lipinski definition) is 3. The fraction of sp³-hybridized carbons (Fsp3) is 0.455. The van der Waals surface area contributed by atoms with E-state index >= 15 is 0 Å². The first kappa shape index (κ1) is 22.1. The largest absolute Gasteiger partial charge is 0.355 e. The molecule has 0 aliphatic heterocycles. The lowest BCUT2D eigenvalue weighted by atomic mass is 9.95. The van der Waals surface area contributed by atoms with Crippen LogP contribution in [0.15, 0.2) is 46.3 Å². The van der Waals surface area contributed by atoms with Crippen LogP contribution in [0, 0.1) is 0 Å². The molecule has 1 aliphatic rings. The molecule has 1 heterocycles. The third-order valence-electron chi connectivity index (χ3n) is 5.00. The minimum Gasteiger partial charge on any atom is -0.355 e. The zero-order chi connectivity index (χ0) is 21.2. The first-order chi connectivity index (χ1) is 14.6. The summed E-state index contributed by atoms with van der Waals surface area (Å²) in [5.74, 6) is -0.0553. The van der Waals surface area contributed by atoms with E-state index in [0.717, 1.165) is 37.7 Å². The van der Waals surface area contributed by atoms with Gasteiger partial charge in [-0.1, -0.05) is 61.4 Å². The number of hydrogen-bond acceptors (Lipinski definition) is 5. The number of nitrogens with zero attached hydrogens (tertiary/aromatic N) is 1. The number of amides is 2. The summed E-state index contributed by atoms with van der Waals surface area (Å²) in [5, 5.41) is 6.25. The van der Waals surface area contributed by atoms with E-state index < -0.39 is 0 Å². The van der Waals surface area contributed by atoms with Crippen molar-refractivity contribution in [1.29, 1.82) is 0 Å². The second-order valence-electron chi connectivity index (χ2n) is 7.50. The average molecular weight is 429 g/mol. The molecule has 0 spiro atoms. The van der Waals surface area contributed by atoms with E-state index in [1.54, 1.807) is 0 Å². The van der Waals surface area contributed by atoms with Crippen LogP contribution in [-0.2, 0) is 22.4 Å². The first-order valence-electron chi connectivity index (χ1n) is 10.4. The van der Waals surface area contributed by atoms with Crippen molar-refractivity contribution in [3.05, 3.63) is 58.0 Å².